The lowest BCUT2D eigenvalue weighted by Gasteiger charge is -2.42. The van der Waals surface area contributed by atoms with E-state index in [0.717, 1.165) is 24.8 Å². The van der Waals surface area contributed by atoms with Crippen LogP contribution < -0.4 is 0 Å². The van der Waals surface area contributed by atoms with E-state index in [9.17, 15) is 0 Å². The number of nitrogens with zero attached hydrogens (tertiary/aromatic N) is 3. The number of fused-ring (bicyclic) bond motifs is 2. The van der Waals surface area contributed by atoms with Crippen LogP contribution in [0.3, 0.4) is 0 Å². The van der Waals surface area contributed by atoms with E-state index in [1.165, 1.54) is 76.5 Å². The Morgan fingerprint density at radius 2 is 1.89 bits per heavy atom. The van der Waals surface area contributed by atoms with Crippen molar-refractivity contribution in [1.29, 1.82) is 0 Å². The Bertz CT molecular complexity index is 1380. The molecule has 1 saturated heterocycles. The van der Waals surface area contributed by atoms with Gasteiger partial charge in [0.2, 0.25) is 0 Å². The minimum atomic E-state index is 0.418. The molecule has 184 valence electrons. The molecule has 2 fully saturated rings. The molecule has 1 aromatic carbocycles. The summed E-state index contributed by atoms with van der Waals surface area (Å²) in [5.41, 5.74) is 10.4. The van der Waals surface area contributed by atoms with Crippen LogP contribution in [-0.4, -0.2) is 32.8 Å². The molecule has 0 atom stereocenters. The van der Waals surface area contributed by atoms with Gasteiger partial charge in [-0.05, 0) is 98.1 Å². The van der Waals surface area contributed by atoms with Crippen molar-refractivity contribution in [2.75, 3.05) is 13.2 Å². The molecule has 35 heavy (non-hydrogen) atoms. The van der Waals surface area contributed by atoms with Crippen LogP contribution in [0.4, 0.5) is 0 Å². The molecule has 5 heteroatoms. The molecular weight excluding hydrogens is 432 g/mol. The second kappa shape index (κ2) is 8.48. The smallest absolute Gasteiger partial charge is 0.158 e. The number of aromatic amines is 1. The van der Waals surface area contributed by atoms with Crippen LogP contribution in [0.2, 0.25) is 0 Å². The summed E-state index contributed by atoms with van der Waals surface area (Å²) in [6.45, 7) is 13.3. The Morgan fingerprint density at radius 3 is 2.57 bits per heavy atom. The van der Waals surface area contributed by atoms with E-state index in [2.05, 4.69) is 74.1 Å². The number of rotatable bonds is 5. The van der Waals surface area contributed by atoms with Gasteiger partial charge >= 0.3 is 0 Å². The van der Waals surface area contributed by atoms with Gasteiger partial charge in [0.25, 0.3) is 0 Å². The lowest BCUT2D eigenvalue weighted by molar-refractivity contribution is -0.115. The van der Waals surface area contributed by atoms with E-state index < -0.39 is 0 Å². The maximum Gasteiger partial charge on any atom is 0.158 e. The van der Waals surface area contributed by atoms with Gasteiger partial charge in [-0.1, -0.05) is 26.8 Å². The van der Waals surface area contributed by atoms with Gasteiger partial charge in [-0.25, -0.2) is 9.50 Å². The molecular formula is C30H38N4O. The minimum Gasteiger partial charge on any atom is -0.380 e. The van der Waals surface area contributed by atoms with Gasteiger partial charge in [0.05, 0.1) is 18.9 Å². The summed E-state index contributed by atoms with van der Waals surface area (Å²) in [5.74, 6) is 1.96. The second-order valence-corrected chi connectivity index (χ2v) is 11.9. The quantitative estimate of drug-likeness (QED) is 0.332. The molecule has 0 bridgehead atoms. The maximum atomic E-state index is 5.50. The summed E-state index contributed by atoms with van der Waals surface area (Å²) in [6.07, 6.45) is 10.4. The Balaban J connectivity index is 1.33. The van der Waals surface area contributed by atoms with Gasteiger partial charge in [-0.3, -0.25) is 0 Å². The number of ether oxygens (including phenoxy) is 1. The lowest BCUT2D eigenvalue weighted by atomic mass is 9.71. The van der Waals surface area contributed by atoms with Crippen molar-refractivity contribution in [2.24, 2.45) is 11.3 Å². The van der Waals surface area contributed by atoms with E-state index in [-0.39, 0.29) is 0 Å². The largest absolute Gasteiger partial charge is 0.380 e. The number of nitrogens with one attached hydrogen (secondary N) is 1. The van der Waals surface area contributed by atoms with Crippen LogP contribution in [0.15, 0.2) is 30.7 Å². The molecule has 3 aromatic heterocycles. The average Bonchev–Trinajstić information content (AvgIpc) is 3.45. The first-order valence-corrected chi connectivity index (χ1v) is 13.4. The normalized spacial score (nSPS) is 22.2. The van der Waals surface area contributed by atoms with Gasteiger partial charge in [0.1, 0.15) is 6.33 Å². The Morgan fingerprint density at radius 1 is 1.11 bits per heavy atom. The standard InChI is InChI=1S/C30H38N4O/c1-18(2)27-24-12-23(22-8-6-21(7-9-22)13-30(5)15-35-16-30)10-11-26(24)33-28(27)25-14-34-29(31-17-32-34)20(4)19(25)3/h10-12,14,17-18,21-22,33H,6-9,13,15-16H2,1-5H3. The van der Waals surface area contributed by atoms with Crippen LogP contribution >= 0.6 is 0 Å². The predicted molar refractivity (Wildman–Crippen MR) is 142 cm³/mol. The van der Waals surface area contributed by atoms with Crippen molar-refractivity contribution in [1.82, 2.24) is 19.6 Å². The first-order valence-electron chi connectivity index (χ1n) is 13.4. The van der Waals surface area contributed by atoms with Gasteiger partial charge in [-0.15, -0.1) is 0 Å². The predicted octanol–water partition coefficient (Wildman–Crippen LogP) is 7.32. The Labute approximate surface area is 208 Å². The summed E-state index contributed by atoms with van der Waals surface area (Å²) in [4.78, 5) is 8.24. The molecule has 0 amide bonds. The SMILES string of the molecule is Cc1c(-c2[nH]c3ccc(C4CCC(CC5(C)COC5)CC4)cc3c2C(C)C)cn2ncnc2c1C. The van der Waals surface area contributed by atoms with Gasteiger partial charge < -0.3 is 9.72 Å². The third kappa shape index (κ3) is 3.88. The van der Waals surface area contributed by atoms with Crippen molar-refractivity contribution >= 4 is 16.6 Å². The van der Waals surface area contributed by atoms with Crippen molar-refractivity contribution in [3.63, 3.8) is 0 Å². The molecule has 2 aliphatic rings. The molecule has 1 aliphatic heterocycles. The van der Waals surface area contributed by atoms with Crippen molar-refractivity contribution < 1.29 is 4.74 Å². The molecule has 4 aromatic rings. The van der Waals surface area contributed by atoms with E-state index >= 15 is 0 Å². The third-order valence-electron chi connectivity index (χ3n) is 8.84. The number of pyridine rings is 1. The summed E-state index contributed by atoms with van der Waals surface area (Å²) in [7, 11) is 0. The lowest BCUT2D eigenvalue weighted by Crippen LogP contribution is -2.41. The first-order chi connectivity index (χ1) is 16.8. The molecule has 1 aliphatic carbocycles. The van der Waals surface area contributed by atoms with Gasteiger partial charge in [0.15, 0.2) is 5.65 Å². The van der Waals surface area contributed by atoms with Crippen LogP contribution in [-0.2, 0) is 4.74 Å². The Kier molecular flexibility index (Phi) is 5.52. The average molecular weight is 471 g/mol. The fourth-order valence-electron chi connectivity index (χ4n) is 6.72. The maximum absolute atomic E-state index is 5.50. The van der Waals surface area contributed by atoms with Crippen LogP contribution in [0, 0.1) is 25.2 Å². The molecule has 0 unspecified atom stereocenters. The van der Waals surface area contributed by atoms with Gasteiger partial charge in [-0.2, -0.15) is 5.10 Å². The van der Waals surface area contributed by atoms with E-state index in [4.69, 9.17) is 4.74 Å². The topological polar surface area (TPSA) is 55.2 Å². The summed E-state index contributed by atoms with van der Waals surface area (Å²) >= 11 is 0. The Hall–Kier alpha value is -2.66. The van der Waals surface area contributed by atoms with Crippen molar-refractivity contribution in [2.45, 2.75) is 78.6 Å². The van der Waals surface area contributed by atoms with E-state index in [1.54, 1.807) is 6.33 Å². The minimum absolute atomic E-state index is 0.418. The fourth-order valence-corrected chi connectivity index (χ4v) is 6.72. The summed E-state index contributed by atoms with van der Waals surface area (Å²) < 4.78 is 7.41. The number of benzene rings is 1. The van der Waals surface area contributed by atoms with Crippen molar-refractivity contribution in [3.8, 4) is 11.3 Å². The number of hydrogen-bond acceptors (Lipinski definition) is 3. The van der Waals surface area contributed by atoms with Crippen molar-refractivity contribution in [3.05, 3.63) is 53.0 Å². The fraction of sp³-hybridized carbons (Fsp3) is 0.533. The molecule has 1 saturated carbocycles. The van der Waals surface area contributed by atoms with E-state index in [1.807, 2.05) is 4.52 Å². The van der Waals surface area contributed by atoms with Crippen LogP contribution in [0.1, 0.15) is 87.0 Å². The van der Waals surface area contributed by atoms with Crippen LogP contribution in [0.5, 0.6) is 0 Å². The zero-order valence-electron chi connectivity index (χ0n) is 21.8. The molecule has 1 N–H and O–H groups in total. The molecule has 5 nitrogen and oxygen atoms in total. The van der Waals surface area contributed by atoms with E-state index in [0.29, 0.717) is 17.3 Å². The number of hydrogen-bond donors (Lipinski definition) is 1. The van der Waals surface area contributed by atoms with Gasteiger partial charge in [0, 0.05) is 28.1 Å². The monoisotopic (exact) mass is 470 g/mol. The number of aryl methyl sites for hydroxylation is 1. The molecule has 4 heterocycles. The van der Waals surface area contributed by atoms with Crippen LogP contribution in [0.25, 0.3) is 27.8 Å². The molecule has 6 rings (SSSR count). The highest BCUT2D eigenvalue weighted by molar-refractivity contribution is 5.92. The zero-order valence-corrected chi connectivity index (χ0v) is 21.8. The zero-order chi connectivity index (χ0) is 24.3. The highest BCUT2D eigenvalue weighted by Gasteiger charge is 2.37. The molecule has 0 spiro atoms. The summed E-state index contributed by atoms with van der Waals surface area (Å²) in [6, 6.07) is 7.18. The highest BCUT2D eigenvalue weighted by atomic mass is 16.5. The third-order valence-corrected chi connectivity index (χ3v) is 8.84. The number of aromatic nitrogens is 4. The summed E-state index contributed by atoms with van der Waals surface area (Å²) in [5, 5.41) is 5.81. The molecule has 0 radical (unpaired) electrons. The number of H-pyrrole nitrogens is 1. The first kappa shape index (κ1) is 22.8. The highest BCUT2D eigenvalue weighted by Crippen LogP contribution is 2.44. The second-order valence-electron chi connectivity index (χ2n) is 11.9.